The lowest BCUT2D eigenvalue weighted by Gasteiger charge is -2.31. The van der Waals surface area contributed by atoms with Gasteiger partial charge in [0.2, 0.25) is 0 Å². The number of benzene rings is 2. The average Bonchev–Trinajstić information content (AvgIpc) is 3.10. The van der Waals surface area contributed by atoms with Crippen LogP contribution < -0.4 is 9.47 Å². The molecule has 2 heterocycles. The lowest BCUT2D eigenvalue weighted by Crippen LogP contribution is -2.43. The fraction of sp³-hybridized carbons (Fsp3) is 0.333. The quantitative estimate of drug-likeness (QED) is 0.668. The van der Waals surface area contributed by atoms with Crippen LogP contribution in [0.3, 0.4) is 0 Å². The standard InChI is InChI=1S/C21H22N2O3S/c1-15-6-2-4-8-18(15)25-14-20(24)23-12-10-16(11-13-23)26-21-22-17-7-3-5-9-19(17)27-21/h2-9,16H,10-14H2,1H3. The van der Waals surface area contributed by atoms with Crippen molar-refractivity contribution in [3.8, 4) is 10.9 Å². The summed E-state index contributed by atoms with van der Waals surface area (Å²) in [6.45, 7) is 3.43. The van der Waals surface area contributed by atoms with E-state index in [-0.39, 0.29) is 18.6 Å². The molecule has 0 unspecified atom stereocenters. The molecule has 1 aromatic heterocycles. The Kier molecular flexibility index (Phi) is 5.25. The van der Waals surface area contributed by atoms with Gasteiger partial charge in [-0.3, -0.25) is 4.79 Å². The fourth-order valence-electron chi connectivity index (χ4n) is 3.22. The van der Waals surface area contributed by atoms with Crippen LogP contribution in [0.15, 0.2) is 48.5 Å². The number of aromatic nitrogens is 1. The Morgan fingerprint density at radius 3 is 2.67 bits per heavy atom. The summed E-state index contributed by atoms with van der Waals surface area (Å²) in [6.07, 6.45) is 1.73. The molecule has 0 radical (unpaired) electrons. The predicted octanol–water partition coefficient (Wildman–Crippen LogP) is 4.05. The molecule has 5 nitrogen and oxygen atoms in total. The molecule has 3 aromatic rings. The first-order chi connectivity index (χ1) is 13.2. The molecule has 0 aliphatic carbocycles. The van der Waals surface area contributed by atoms with E-state index in [1.165, 1.54) is 0 Å². The summed E-state index contributed by atoms with van der Waals surface area (Å²) in [5, 5.41) is 0.712. The summed E-state index contributed by atoms with van der Waals surface area (Å²) < 4.78 is 12.9. The van der Waals surface area contributed by atoms with E-state index in [2.05, 4.69) is 11.1 Å². The molecule has 2 aromatic carbocycles. The monoisotopic (exact) mass is 382 g/mol. The number of ether oxygens (including phenoxy) is 2. The van der Waals surface area contributed by atoms with Gasteiger partial charge in [-0.2, -0.15) is 0 Å². The number of thiazole rings is 1. The Balaban J connectivity index is 1.27. The highest BCUT2D eigenvalue weighted by atomic mass is 32.1. The third-order valence-electron chi connectivity index (χ3n) is 4.78. The van der Waals surface area contributed by atoms with Gasteiger partial charge in [-0.15, -0.1) is 0 Å². The van der Waals surface area contributed by atoms with Gasteiger partial charge in [-0.05, 0) is 30.7 Å². The maximum Gasteiger partial charge on any atom is 0.274 e. The van der Waals surface area contributed by atoms with Crippen molar-refractivity contribution in [1.29, 1.82) is 0 Å². The molecular weight excluding hydrogens is 360 g/mol. The number of fused-ring (bicyclic) bond motifs is 1. The van der Waals surface area contributed by atoms with E-state index >= 15 is 0 Å². The molecule has 0 spiro atoms. The highest BCUT2D eigenvalue weighted by molar-refractivity contribution is 7.20. The molecular formula is C21H22N2O3S. The second-order valence-corrected chi connectivity index (χ2v) is 7.69. The van der Waals surface area contributed by atoms with E-state index in [0.717, 1.165) is 34.4 Å². The number of carbonyl (C=O) groups excluding carboxylic acids is 1. The Morgan fingerprint density at radius 2 is 1.89 bits per heavy atom. The highest BCUT2D eigenvalue weighted by Crippen LogP contribution is 2.29. The first-order valence-corrected chi connectivity index (χ1v) is 9.99. The first-order valence-electron chi connectivity index (χ1n) is 9.17. The van der Waals surface area contributed by atoms with Crippen LogP contribution in [0.25, 0.3) is 10.2 Å². The summed E-state index contributed by atoms with van der Waals surface area (Å²) in [5.74, 6) is 0.789. The molecule has 1 amide bonds. The summed E-state index contributed by atoms with van der Waals surface area (Å²) in [6, 6.07) is 15.8. The Labute approximate surface area is 162 Å². The van der Waals surface area contributed by atoms with Crippen molar-refractivity contribution >= 4 is 27.5 Å². The van der Waals surface area contributed by atoms with Crippen LogP contribution in [0.1, 0.15) is 18.4 Å². The van der Waals surface area contributed by atoms with E-state index in [9.17, 15) is 4.79 Å². The van der Waals surface area contributed by atoms with E-state index in [1.807, 2.05) is 54.3 Å². The smallest absolute Gasteiger partial charge is 0.274 e. The van der Waals surface area contributed by atoms with E-state index < -0.39 is 0 Å². The van der Waals surface area contributed by atoms with Gasteiger partial charge in [0, 0.05) is 25.9 Å². The third kappa shape index (κ3) is 4.22. The maximum absolute atomic E-state index is 12.4. The number of likely N-dealkylation sites (tertiary alicyclic amines) is 1. The molecule has 0 N–H and O–H groups in total. The van der Waals surface area contributed by atoms with Gasteiger partial charge in [0.15, 0.2) is 6.61 Å². The summed E-state index contributed by atoms with van der Waals surface area (Å²) >= 11 is 1.57. The number of carbonyl (C=O) groups is 1. The number of amides is 1. The normalized spacial score (nSPS) is 15.1. The predicted molar refractivity (Wildman–Crippen MR) is 107 cm³/mol. The minimum atomic E-state index is 0.0247. The lowest BCUT2D eigenvalue weighted by atomic mass is 10.1. The van der Waals surface area contributed by atoms with Crippen molar-refractivity contribution in [3.63, 3.8) is 0 Å². The summed E-state index contributed by atoms with van der Waals surface area (Å²) in [7, 11) is 0. The largest absolute Gasteiger partial charge is 0.484 e. The number of rotatable bonds is 5. The van der Waals surface area contributed by atoms with Crippen molar-refractivity contribution in [2.24, 2.45) is 0 Å². The van der Waals surface area contributed by atoms with Crippen LogP contribution in [0.5, 0.6) is 10.9 Å². The van der Waals surface area contributed by atoms with Gasteiger partial charge >= 0.3 is 0 Å². The third-order valence-corrected chi connectivity index (χ3v) is 5.71. The number of hydrogen-bond acceptors (Lipinski definition) is 5. The van der Waals surface area contributed by atoms with Gasteiger partial charge in [-0.25, -0.2) is 4.98 Å². The number of aryl methyl sites for hydroxylation is 1. The topological polar surface area (TPSA) is 51.7 Å². The highest BCUT2D eigenvalue weighted by Gasteiger charge is 2.25. The Morgan fingerprint density at radius 1 is 1.15 bits per heavy atom. The second-order valence-electron chi connectivity index (χ2n) is 6.70. The summed E-state index contributed by atoms with van der Waals surface area (Å²) in [4.78, 5) is 18.8. The van der Waals surface area contributed by atoms with Crippen molar-refractivity contribution in [1.82, 2.24) is 9.88 Å². The van der Waals surface area contributed by atoms with Gasteiger partial charge in [0.25, 0.3) is 11.1 Å². The van der Waals surface area contributed by atoms with Crippen molar-refractivity contribution < 1.29 is 14.3 Å². The van der Waals surface area contributed by atoms with E-state index in [4.69, 9.17) is 9.47 Å². The van der Waals surface area contributed by atoms with E-state index in [0.29, 0.717) is 18.3 Å². The van der Waals surface area contributed by atoms with Crippen molar-refractivity contribution in [2.75, 3.05) is 19.7 Å². The van der Waals surface area contributed by atoms with Crippen LogP contribution in [0, 0.1) is 6.92 Å². The Hall–Kier alpha value is -2.60. The molecule has 1 fully saturated rings. The van der Waals surface area contributed by atoms with Gasteiger partial charge in [0.05, 0.1) is 10.2 Å². The summed E-state index contributed by atoms with van der Waals surface area (Å²) in [5.41, 5.74) is 2.01. The van der Waals surface area contributed by atoms with Gasteiger partial charge in [0.1, 0.15) is 11.9 Å². The van der Waals surface area contributed by atoms with Crippen molar-refractivity contribution in [2.45, 2.75) is 25.9 Å². The van der Waals surface area contributed by atoms with Crippen LogP contribution in [-0.2, 0) is 4.79 Å². The minimum Gasteiger partial charge on any atom is -0.484 e. The first kappa shape index (κ1) is 17.8. The molecule has 140 valence electrons. The average molecular weight is 382 g/mol. The SMILES string of the molecule is Cc1ccccc1OCC(=O)N1CCC(Oc2nc3ccccc3s2)CC1. The van der Waals surface area contributed by atoms with Crippen LogP contribution in [0.2, 0.25) is 0 Å². The molecule has 27 heavy (non-hydrogen) atoms. The number of hydrogen-bond donors (Lipinski definition) is 0. The molecule has 4 rings (SSSR count). The number of para-hydroxylation sites is 2. The minimum absolute atomic E-state index is 0.0247. The number of piperidine rings is 1. The zero-order chi connectivity index (χ0) is 18.6. The molecule has 1 aliphatic heterocycles. The molecule has 0 atom stereocenters. The fourth-order valence-corrected chi connectivity index (χ4v) is 4.10. The van der Waals surface area contributed by atoms with Gasteiger partial charge < -0.3 is 14.4 Å². The van der Waals surface area contributed by atoms with E-state index in [1.54, 1.807) is 11.3 Å². The second kappa shape index (κ2) is 7.96. The van der Waals surface area contributed by atoms with Gasteiger partial charge in [-0.1, -0.05) is 41.7 Å². The zero-order valence-corrected chi connectivity index (χ0v) is 16.1. The zero-order valence-electron chi connectivity index (χ0n) is 15.3. The molecule has 1 aliphatic rings. The van der Waals surface area contributed by atoms with Crippen LogP contribution >= 0.6 is 11.3 Å². The molecule has 1 saturated heterocycles. The Bertz CT molecular complexity index is 899. The maximum atomic E-state index is 12.4. The van der Waals surface area contributed by atoms with Crippen molar-refractivity contribution in [3.05, 3.63) is 54.1 Å². The van der Waals surface area contributed by atoms with Crippen LogP contribution in [-0.4, -0.2) is 41.6 Å². The molecule has 6 heteroatoms. The van der Waals surface area contributed by atoms with Crippen LogP contribution in [0.4, 0.5) is 0 Å². The molecule has 0 bridgehead atoms. The molecule has 0 saturated carbocycles. The lowest BCUT2D eigenvalue weighted by molar-refractivity contribution is -0.135. The number of nitrogens with zero attached hydrogens (tertiary/aromatic N) is 2.